The lowest BCUT2D eigenvalue weighted by Crippen LogP contribution is -2.45. The number of nitrogens with one attached hydrogen (secondary N) is 1. The van der Waals surface area contributed by atoms with Crippen molar-refractivity contribution in [3.05, 3.63) is 34.3 Å². The normalized spacial score (nSPS) is 18.7. The molecule has 0 amide bonds. The van der Waals surface area contributed by atoms with Crippen molar-refractivity contribution in [2.45, 2.75) is 18.6 Å². The molecule has 1 aromatic carbocycles. The van der Waals surface area contributed by atoms with Gasteiger partial charge in [-0.3, -0.25) is 4.90 Å². The Bertz CT molecular complexity index is 476. The molecule has 1 aliphatic heterocycles. The molecule has 0 aliphatic carbocycles. The van der Waals surface area contributed by atoms with Gasteiger partial charge >= 0.3 is 6.18 Å². The van der Waals surface area contributed by atoms with Crippen molar-refractivity contribution in [1.29, 1.82) is 0 Å². The first-order valence-electron chi connectivity index (χ1n) is 6.85. The van der Waals surface area contributed by atoms with Crippen LogP contribution in [0.1, 0.15) is 23.6 Å². The summed E-state index contributed by atoms with van der Waals surface area (Å²) in [4.78, 5) is 2.09. The first-order valence-corrected chi connectivity index (χ1v) is 7.23. The maximum atomic E-state index is 13.0. The molecule has 1 saturated heterocycles. The molecule has 2 N–H and O–H groups in total. The minimum atomic E-state index is -4.47. The van der Waals surface area contributed by atoms with E-state index in [-0.39, 0.29) is 17.7 Å². The van der Waals surface area contributed by atoms with Crippen molar-refractivity contribution in [3.63, 3.8) is 0 Å². The fourth-order valence-corrected chi connectivity index (χ4v) is 2.87. The Labute approximate surface area is 126 Å². The van der Waals surface area contributed by atoms with Crippen molar-refractivity contribution < 1.29 is 18.3 Å². The van der Waals surface area contributed by atoms with Gasteiger partial charge < -0.3 is 10.4 Å². The molecule has 0 aromatic heterocycles. The second-order valence-electron chi connectivity index (χ2n) is 5.05. The Morgan fingerprint density at radius 3 is 2.52 bits per heavy atom. The number of halogens is 4. The van der Waals surface area contributed by atoms with E-state index in [2.05, 4.69) is 10.2 Å². The summed E-state index contributed by atoms with van der Waals surface area (Å²) in [6, 6.07) is 3.77. The van der Waals surface area contributed by atoms with Crippen molar-refractivity contribution in [2.24, 2.45) is 0 Å². The molecule has 1 aromatic rings. The Morgan fingerprint density at radius 2 is 1.95 bits per heavy atom. The maximum Gasteiger partial charge on any atom is 0.417 e. The summed E-state index contributed by atoms with van der Waals surface area (Å²) in [5, 5.41) is 12.1. The minimum absolute atomic E-state index is 0.0709. The van der Waals surface area contributed by atoms with Crippen LogP contribution in [0.15, 0.2) is 18.2 Å². The topological polar surface area (TPSA) is 35.5 Å². The third-order valence-electron chi connectivity index (χ3n) is 3.68. The average Bonchev–Trinajstić information content (AvgIpc) is 2.45. The zero-order chi connectivity index (χ0) is 15.5. The Hall–Kier alpha value is -0.820. The fraction of sp³-hybridized carbons (Fsp3) is 0.571. The summed E-state index contributed by atoms with van der Waals surface area (Å²) in [5.41, 5.74) is -0.276. The molecule has 1 aliphatic rings. The number of aliphatic hydroxyl groups is 1. The van der Waals surface area contributed by atoms with Gasteiger partial charge in [0, 0.05) is 38.8 Å². The Balaban J connectivity index is 2.31. The predicted octanol–water partition coefficient (Wildman–Crippen LogP) is 2.69. The molecule has 0 unspecified atom stereocenters. The van der Waals surface area contributed by atoms with Gasteiger partial charge in [-0.05, 0) is 24.1 Å². The molecule has 21 heavy (non-hydrogen) atoms. The summed E-state index contributed by atoms with van der Waals surface area (Å²) in [7, 11) is 0. The van der Waals surface area contributed by atoms with Crippen molar-refractivity contribution >= 4 is 11.6 Å². The van der Waals surface area contributed by atoms with E-state index in [9.17, 15) is 18.3 Å². The van der Waals surface area contributed by atoms with Gasteiger partial charge in [0.05, 0.1) is 10.6 Å². The van der Waals surface area contributed by atoms with Crippen molar-refractivity contribution in [1.82, 2.24) is 10.2 Å². The molecular weight excluding hydrogens is 305 g/mol. The molecule has 0 saturated carbocycles. The number of alkyl halides is 3. The van der Waals surface area contributed by atoms with Crippen LogP contribution in [0.3, 0.4) is 0 Å². The molecule has 0 radical (unpaired) electrons. The van der Waals surface area contributed by atoms with E-state index in [1.807, 2.05) is 0 Å². The van der Waals surface area contributed by atoms with E-state index < -0.39 is 11.7 Å². The molecule has 3 nitrogen and oxygen atoms in total. The molecular formula is C14H18ClF3N2O. The average molecular weight is 323 g/mol. The maximum absolute atomic E-state index is 13.0. The number of hydrogen-bond donors (Lipinski definition) is 2. The molecule has 0 spiro atoms. The van der Waals surface area contributed by atoms with Crippen LogP contribution >= 0.6 is 11.6 Å². The van der Waals surface area contributed by atoms with Gasteiger partial charge in [-0.15, -0.1) is 0 Å². The monoisotopic (exact) mass is 322 g/mol. The van der Waals surface area contributed by atoms with Crippen LogP contribution in [0.25, 0.3) is 0 Å². The molecule has 118 valence electrons. The standard InChI is InChI=1S/C14H18ClF3N2O/c15-12-2-1-10(9-11(12)14(16,17)18)13(3-8-21)20-6-4-19-5-7-20/h1-2,9,13,19,21H,3-8H2/t13-/m1/s1. The van der Waals surface area contributed by atoms with E-state index in [1.54, 1.807) is 6.07 Å². The lowest BCUT2D eigenvalue weighted by atomic mass is 9.99. The zero-order valence-corrected chi connectivity index (χ0v) is 12.2. The highest BCUT2D eigenvalue weighted by molar-refractivity contribution is 6.31. The van der Waals surface area contributed by atoms with E-state index in [0.717, 1.165) is 32.2 Å². The van der Waals surface area contributed by atoms with E-state index in [1.165, 1.54) is 6.07 Å². The van der Waals surface area contributed by atoms with Gasteiger partial charge in [0.15, 0.2) is 0 Å². The first-order chi connectivity index (χ1) is 9.93. The van der Waals surface area contributed by atoms with Crippen LogP contribution in [0, 0.1) is 0 Å². The molecule has 7 heteroatoms. The van der Waals surface area contributed by atoms with Gasteiger partial charge in [-0.1, -0.05) is 17.7 Å². The molecule has 0 bridgehead atoms. The SMILES string of the molecule is OCC[C@H](c1ccc(Cl)c(C(F)(F)F)c1)N1CCNCC1. The molecule has 2 rings (SSSR count). The third-order valence-corrected chi connectivity index (χ3v) is 4.01. The van der Waals surface area contributed by atoms with E-state index >= 15 is 0 Å². The second-order valence-corrected chi connectivity index (χ2v) is 5.46. The van der Waals surface area contributed by atoms with Gasteiger partial charge in [0.25, 0.3) is 0 Å². The second kappa shape index (κ2) is 6.96. The number of aliphatic hydroxyl groups excluding tert-OH is 1. The number of rotatable bonds is 4. The van der Waals surface area contributed by atoms with E-state index in [4.69, 9.17) is 11.6 Å². The van der Waals surface area contributed by atoms with Crippen LogP contribution in [-0.2, 0) is 6.18 Å². The van der Waals surface area contributed by atoms with Crippen LogP contribution in [0.5, 0.6) is 0 Å². The van der Waals surface area contributed by atoms with Gasteiger partial charge in [0.2, 0.25) is 0 Å². The molecule has 1 heterocycles. The summed E-state index contributed by atoms with van der Waals surface area (Å²) in [5.74, 6) is 0. The highest BCUT2D eigenvalue weighted by Gasteiger charge is 2.34. The fourth-order valence-electron chi connectivity index (χ4n) is 2.64. The minimum Gasteiger partial charge on any atom is -0.396 e. The Morgan fingerprint density at radius 1 is 1.29 bits per heavy atom. The highest BCUT2D eigenvalue weighted by Crippen LogP contribution is 2.37. The first kappa shape index (κ1) is 16.5. The van der Waals surface area contributed by atoms with Gasteiger partial charge in [-0.25, -0.2) is 0 Å². The number of nitrogens with zero attached hydrogens (tertiary/aromatic N) is 1. The quantitative estimate of drug-likeness (QED) is 0.894. The van der Waals surface area contributed by atoms with Crippen molar-refractivity contribution in [3.8, 4) is 0 Å². The zero-order valence-electron chi connectivity index (χ0n) is 11.5. The number of benzene rings is 1. The van der Waals surface area contributed by atoms with Gasteiger partial charge in [0.1, 0.15) is 0 Å². The van der Waals surface area contributed by atoms with Crippen LogP contribution in [0.2, 0.25) is 5.02 Å². The largest absolute Gasteiger partial charge is 0.417 e. The number of piperazine rings is 1. The lowest BCUT2D eigenvalue weighted by molar-refractivity contribution is -0.137. The number of hydrogen-bond acceptors (Lipinski definition) is 3. The molecule has 1 atom stereocenters. The summed E-state index contributed by atoms with van der Waals surface area (Å²) >= 11 is 5.66. The summed E-state index contributed by atoms with van der Waals surface area (Å²) in [6.45, 7) is 3.01. The van der Waals surface area contributed by atoms with Crippen LogP contribution < -0.4 is 5.32 Å². The van der Waals surface area contributed by atoms with Gasteiger partial charge in [-0.2, -0.15) is 13.2 Å². The van der Waals surface area contributed by atoms with Crippen molar-refractivity contribution in [2.75, 3.05) is 32.8 Å². The Kier molecular flexibility index (Phi) is 5.48. The third kappa shape index (κ3) is 4.10. The summed E-state index contributed by atoms with van der Waals surface area (Å²) in [6.07, 6.45) is -4.07. The highest BCUT2D eigenvalue weighted by atomic mass is 35.5. The predicted molar refractivity (Wildman–Crippen MR) is 75.3 cm³/mol. The van der Waals surface area contributed by atoms with Crippen LogP contribution in [-0.4, -0.2) is 42.8 Å². The van der Waals surface area contributed by atoms with E-state index in [0.29, 0.717) is 12.0 Å². The molecule has 1 fully saturated rings. The van der Waals surface area contributed by atoms with Crippen LogP contribution in [0.4, 0.5) is 13.2 Å². The summed E-state index contributed by atoms with van der Waals surface area (Å²) < 4.78 is 38.9. The smallest absolute Gasteiger partial charge is 0.396 e. The lowest BCUT2D eigenvalue weighted by Gasteiger charge is -2.35.